The molecule has 5 N–H and O–H groups in total. The van der Waals surface area contributed by atoms with E-state index in [0.717, 1.165) is 0 Å². The van der Waals surface area contributed by atoms with Crippen LogP contribution >= 0.6 is 0 Å². The minimum atomic E-state index is -2.18. The minimum absolute atomic E-state index is 0.181. The van der Waals surface area contributed by atoms with Gasteiger partial charge in [0.2, 0.25) is 0 Å². The number of ether oxygens (including phenoxy) is 1. The average molecular weight is 276 g/mol. The van der Waals surface area contributed by atoms with Crippen LogP contribution in [0.1, 0.15) is 6.42 Å². The number of carbonyl (C=O) groups is 1. The Balaban J connectivity index is 5.34. The smallest absolute Gasteiger partial charge is 0.339 e. The van der Waals surface area contributed by atoms with Crippen LogP contribution in [0.25, 0.3) is 0 Å². The third-order valence-electron chi connectivity index (χ3n) is 2.65. The second-order valence-electron chi connectivity index (χ2n) is 3.97. The predicted octanol–water partition coefficient (Wildman–Crippen LogP) is -1.34. The summed E-state index contributed by atoms with van der Waals surface area (Å²) in [5.74, 6) is -1.52. The molecule has 7 heteroatoms. The SMILES string of the molecule is C=CCO[C@@](CC=C)(C(=O)O)[C@@H](O)[C@H](O)[C@H](O)CO. The lowest BCUT2D eigenvalue weighted by atomic mass is 9.87. The lowest BCUT2D eigenvalue weighted by Gasteiger charge is -2.36. The van der Waals surface area contributed by atoms with Crippen molar-refractivity contribution in [1.29, 1.82) is 0 Å². The van der Waals surface area contributed by atoms with Crippen molar-refractivity contribution in [3.8, 4) is 0 Å². The summed E-state index contributed by atoms with van der Waals surface area (Å²) in [6.45, 7) is 5.72. The summed E-state index contributed by atoms with van der Waals surface area (Å²) in [7, 11) is 0. The number of rotatable bonds is 10. The van der Waals surface area contributed by atoms with Gasteiger partial charge in [-0.15, -0.1) is 13.2 Å². The molecule has 0 aromatic rings. The Morgan fingerprint density at radius 3 is 2.21 bits per heavy atom. The van der Waals surface area contributed by atoms with Gasteiger partial charge < -0.3 is 30.3 Å². The maximum Gasteiger partial charge on any atom is 0.339 e. The van der Waals surface area contributed by atoms with Crippen molar-refractivity contribution < 1.29 is 35.1 Å². The Morgan fingerprint density at radius 2 is 1.84 bits per heavy atom. The van der Waals surface area contributed by atoms with Crippen LogP contribution in [-0.4, -0.2) is 68.6 Å². The molecule has 19 heavy (non-hydrogen) atoms. The van der Waals surface area contributed by atoms with Gasteiger partial charge in [-0.3, -0.25) is 0 Å². The summed E-state index contributed by atoms with van der Waals surface area (Å²) in [6, 6.07) is 0. The highest BCUT2D eigenvalue weighted by molar-refractivity contribution is 5.79. The first-order valence-electron chi connectivity index (χ1n) is 5.61. The molecule has 0 bridgehead atoms. The molecule has 0 unspecified atom stereocenters. The number of hydrogen-bond donors (Lipinski definition) is 5. The van der Waals surface area contributed by atoms with Gasteiger partial charge in [-0.25, -0.2) is 4.79 Å². The highest BCUT2D eigenvalue weighted by atomic mass is 16.5. The standard InChI is InChI=1S/C12H20O7/c1-3-5-12(11(17)18,19-6-4-2)10(16)9(15)8(14)7-13/h3-4,8-10,13-16H,1-2,5-7H2,(H,17,18)/t8-,9-,10+,12-/m1/s1. The van der Waals surface area contributed by atoms with E-state index < -0.39 is 36.5 Å². The van der Waals surface area contributed by atoms with E-state index in [2.05, 4.69) is 13.2 Å². The van der Waals surface area contributed by atoms with E-state index >= 15 is 0 Å². The predicted molar refractivity (Wildman–Crippen MR) is 66.4 cm³/mol. The first-order valence-corrected chi connectivity index (χ1v) is 5.61. The summed E-state index contributed by atoms with van der Waals surface area (Å²) >= 11 is 0. The molecular weight excluding hydrogens is 256 g/mol. The minimum Gasteiger partial charge on any atom is -0.479 e. The number of hydrogen-bond acceptors (Lipinski definition) is 6. The summed E-state index contributed by atoms with van der Waals surface area (Å²) in [5.41, 5.74) is -2.18. The van der Waals surface area contributed by atoms with Crippen LogP contribution in [0.2, 0.25) is 0 Å². The number of aliphatic hydroxyl groups is 4. The van der Waals surface area contributed by atoms with Crippen molar-refractivity contribution in [3.05, 3.63) is 25.3 Å². The third kappa shape index (κ3) is 4.12. The fourth-order valence-electron chi connectivity index (χ4n) is 1.56. The van der Waals surface area contributed by atoms with Gasteiger partial charge in [0.25, 0.3) is 0 Å². The molecule has 0 aliphatic heterocycles. The fraction of sp³-hybridized carbons (Fsp3) is 0.583. The van der Waals surface area contributed by atoms with Crippen LogP contribution < -0.4 is 0 Å². The van der Waals surface area contributed by atoms with E-state index in [4.69, 9.17) is 9.84 Å². The molecular formula is C12H20O7. The van der Waals surface area contributed by atoms with Crippen LogP contribution in [0.3, 0.4) is 0 Å². The maximum atomic E-state index is 11.4. The fourth-order valence-corrected chi connectivity index (χ4v) is 1.56. The lowest BCUT2D eigenvalue weighted by molar-refractivity contribution is -0.201. The molecule has 0 amide bonds. The normalized spacial score (nSPS) is 18.9. The van der Waals surface area contributed by atoms with Gasteiger partial charge in [0.1, 0.15) is 18.3 Å². The largest absolute Gasteiger partial charge is 0.479 e. The van der Waals surface area contributed by atoms with Crippen molar-refractivity contribution >= 4 is 5.97 Å². The van der Waals surface area contributed by atoms with E-state index in [9.17, 15) is 25.2 Å². The van der Waals surface area contributed by atoms with Crippen molar-refractivity contribution in [2.45, 2.75) is 30.3 Å². The number of carboxylic acid groups (broad SMARTS) is 1. The lowest BCUT2D eigenvalue weighted by Crippen LogP contribution is -2.59. The molecule has 7 nitrogen and oxygen atoms in total. The average Bonchev–Trinajstić information content (AvgIpc) is 2.40. The van der Waals surface area contributed by atoms with E-state index in [1.54, 1.807) is 0 Å². The highest BCUT2D eigenvalue weighted by Gasteiger charge is 2.50. The van der Waals surface area contributed by atoms with Gasteiger partial charge in [-0.05, 0) is 0 Å². The number of aliphatic carboxylic acids is 1. The monoisotopic (exact) mass is 276 g/mol. The summed E-state index contributed by atoms with van der Waals surface area (Å²) in [4.78, 5) is 11.4. The first-order chi connectivity index (χ1) is 8.87. The van der Waals surface area contributed by atoms with Gasteiger partial charge in [0.15, 0.2) is 5.60 Å². The van der Waals surface area contributed by atoms with Gasteiger partial charge in [-0.1, -0.05) is 12.2 Å². The van der Waals surface area contributed by atoms with Gasteiger partial charge in [-0.2, -0.15) is 0 Å². The Bertz CT molecular complexity index is 317. The van der Waals surface area contributed by atoms with Gasteiger partial charge in [0.05, 0.1) is 13.2 Å². The molecule has 0 aliphatic rings. The van der Waals surface area contributed by atoms with Crippen LogP contribution in [0, 0.1) is 0 Å². The molecule has 0 saturated carbocycles. The van der Waals surface area contributed by atoms with Crippen molar-refractivity contribution in [2.75, 3.05) is 13.2 Å². The zero-order chi connectivity index (χ0) is 15.1. The Labute approximate surface area is 111 Å². The van der Waals surface area contributed by atoms with Crippen LogP contribution in [0.4, 0.5) is 0 Å². The molecule has 0 aromatic heterocycles. The molecule has 0 rings (SSSR count). The van der Waals surface area contributed by atoms with Crippen LogP contribution in [0.15, 0.2) is 25.3 Å². The maximum absolute atomic E-state index is 11.4. The second kappa shape index (κ2) is 8.03. The Kier molecular flexibility index (Phi) is 7.50. The van der Waals surface area contributed by atoms with E-state index in [1.807, 2.05) is 0 Å². The summed E-state index contributed by atoms with van der Waals surface area (Å²) in [6.07, 6.45) is -3.34. The van der Waals surface area contributed by atoms with Crippen LogP contribution in [-0.2, 0) is 9.53 Å². The topological polar surface area (TPSA) is 127 Å². The Hall–Kier alpha value is -1.25. The molecule has 0 aliphatic carbocycles. The zero-order valence-electron chi connectivity index (χ0n) is 10.5. The molecule has 0 heterocycles. The first kappa shape index (κ1) is 17.8. The molecule has 0 saturated heterocycles. The molecule has 0 spiro atoms. The van der Waals surface area contributed by atoms with Gasteiger partial charge >= 0.3 is 5.97 Å². The summed E-state index contributed by atoms with van der Waals surface area (Å²) < 4.78 is 5.07. The molecule has 110 valence electrons. The number of aliphatic hydroxyl groups excluding tert-OH is 4. The van der Waals surface area contributed by atoms with Crippen molar-refractivity contribution in [3.63, 3.8) is 0 Å². The number of carboxylic acids is 1. The van der Waals surface area contributed by atoms with E-state index in [-0.39, 0.29) is 13.0 Å². The summed E-state index contributed by atoms with van der Waals surface area (Å²) in [5, 5.41) is 46.8. The molecule has 0 fully saturated rings. The molecule has 0 radical (unpaired) electrons. The molecule has 4 atom stereocenters. The second-order valence-corrected chi connectivity index (χ2v) is 3.97. The van der Waals surface area contributed by atoms with E-state index in [1.165, 1.54) is 12.2 Å². The zero-order valence-corrected chi connectivity index (χ0v) is 10.5. The van der Waals surface area contributed by atoms with Gasteiger partial charge in [0, 0.05) is 6.42 Å². The van der Waals surface area contributed by atoms with Crippen LogP contribution in [0.5, 0.6) is 0 Å². The quantitative estimate of drug-likeness (QED) is 0.313. The van der Waals surface area contributed by atoms with Crippen molar-refractivity contribution in [2.24, 2.45) is 0 Å². The molecule has 0 aromatic carbocycles. The highest BCUT2D eigenvalue weighted by Crippen LogP contribution is 2.26. The Morgan fingerprint density at radius 1 is 1.26 bits per heavy atom. The third-order valence-corrected chi connectivity index (χ3v) is 2.65. The van der Waals surface area contributed by atoms with Crippen molar-refractivity contribution in [1.82, 2.24) is 0 Å². The van der Waals surface area contributed by atoms with E-state index in [0.29, 0.717) is 0 Å².